The highest BCUT2D eigenvalue weighted by Gasteiger charge is 2.12. The van der Waals surface area contributed by atoms with Gasteiger partial charge in [-0.2, -0.15) is 0 Å². The lowest BCUT2D eigenvalue weighted by molar-refractivity contribution is 0.0949. The van der Waals surface area contributed by atoms with Gasteiger partial charge in [0.15, 0.2) is 0 Å². The maximum atomic E-state index is 11.8. The van der Waals surface area contributed by atoms with E-state index in [4.69, 9.17) is 16.3 Å². The van der Waals surface area contributed by atoms with Gasteiger partial charge in [0.05, 0.1) is 6.61 Å². The Bertz CT molecular complexity index is 574. The van der Waals surface area contributed by atoms with E-state index in [1.54, 1.807) is 7.11 Å². The molecule has 0 aliphatic rings. The van der Waals surface area contributed by atoms with Gasteiger partial charge in [-0.3, -0.25) is 4.79 Å². The fourth-order valence-electron chi connectivity index (χ4n) is 1.57. The van der Waals surface area contributed by atoms with Gasteiger partial charge in [-0.05, 0) is 22.7 Å². The Kier molecular flexibility index (Phi) is 4.84. The summed E-state index contributed by atoms with van der Waals surface area (Å²) in [6.45, 7) is 0.923. The smallest absolute Gasteiger partial charge is 0.282 e. The van der Waals surface area contributed by atoms with E-state index in [0.29, 0.717) is 13.2 Å². The molecule has 0 bridgehead atoms. The van der Waals surface area contributed by atoms with Gasteiger partial charge in [0.1, 0.15) is 0 Å². The number of hydrogen-bond donors (Lipinski definition) is 1. The molecule has 100 valence electrons. The number of nitrogens with one attached hydrogen (secondary N) is 1. The average Bonchev–Trinajstić information content (AvgIpc) is 2.84. The van der Waals surface area contributed by atoms with Crippen molar-refractivity contribution in [2.24, 2.45) is 0 Å². The minimum absolute atomic E-state index is 0.255. The van der Waals surface area contributed by atoms with Gasteiger partial charge >= 0.3 is 0 Å². The van der Waals surface area contributed by atoms with Crippen molar-refractivity contribution in [3.05, 3.63) is 44.9 Å². The van der Waals surface area contributed by atoms with E-state index in [-0.39, 0.29) is 15.4 Å². The second-order valence-corrected chi connectivity index (χ2v) is 5.30. The molecule has 1 heterocycles. The topological polar surface area (TPSA) is 64.1 Å². The zero-order valence-corrected chi connectivity index (χ0v) is 11.8. The molecule has 5 nitrogen and oxygen atoms in total. The lowest BCUT2D eigenvalue weighted by Gasteiger charge is -2.09. The Morgan fingerprint density at radius 3 is 2.74 bits per heavy atom. The van der Waals surface area contributed by atoms with Crippen molar-refractivity contribution < 1.29 is 9.53 Å². The van der Waals surface area contributed by atoms with E-state index in [9.17, 15) is 4.79 Å². The fourth-order valence-corrected chi connectivity index (χ4v) is 2.32. The molecule has 0 saturated carbocycles. The van der Waals surface area contributed by atoms with Crippen molar-refractivity contribution in [2.75, 3.05) is 7.11 Å². The van der Waals surface area contributed by atoms with Crippen molar-refractivity contribution >= 4 is 28.8 Å². The molecule has 0 fully saturated rings. The molecule has 0 aliphatic carbocycles. The maximum Gasteiger partial charge on any atom is 0.282 e. The van der Waals surface area contributed by atoms with Gasteiger partial charge in [0.25, 0.3) is 5.91 Å². The lowest BCUT2D eigenvalue weighted by atomic mass is 10.1. The number of methoxy groups -OCH3 is 1. The first-order valence-electron chi connectivity index (χ1n) is 5.53. The molecule has 0 saturated heterocycles. The molecule has 2 rings (SSSR count). The van der Waals surface area contributed by atoms with E-state index < -0.39 is 0 Å². The summed E-state index contributed by atoms with van der Waals surface area (Å²) in [7, 11) is 1.64. The standard InChI is InChI=1S/C12H12ClN3O2S/c1-18-7-9-5-3-2-4-8(9)6-14-10(17)11-15-16-12(13)19-11/h2-5H,6-7H2,1H3,(H,14,17). The van der Waals surface area contributed by atoms with Crippen LogP contribution in [0.4, 0.5) is 0 Å². The molecule has 0 spiro atoms. The maximum absolute atomic E-state index is 11.8. The van der Waals surface area contributed by atoms with Gasteiger partial charge in [-0.1, -0.05) is 35.6 Å². The van der Waals surface area contributed by atoms with Crippen LogP contribution in [-0.4, -0.2) is 23.2 Å². The summed E-state index contributed by atoms with van der Waals surface area (Å²) in [5.74, 6) is -0.281. The van der Waals surface area contributed by atoms with Crippen molar-refractivity contribution in [3.63, 3.8) is 0 Å². The largest absolute Gasteiger partial charge is 0.380 e. The fraction of sp³-hybridized carbons (Fsp3) is 0.250. The number of hydrogen-bond acceptors (Lipinski definition) is 5. The van der Waals surface area contributed by atoms with Crippen molar-refractivity contribution in [3.8, 4) is 0 Å². The number of benzene rings is 1. The van der Waals surface area contributed by atoms with Gasteiger partial charge in [0, 0.05) is 13.7 Å². The van der Waals surface area contributed by atoms with E-state index in [1.165, 1.54) is 0 Å². The summed E-state index contributed by atoms with van der Waals surface area (Å²) in [6, 6.07) is 7.77. The monoisotopic (exact) mass is 297 g/mol. The molecule has 1 aromatic heterocycles. The third-order valence-corrected chi connectivity index (χ3v) is 3.47. The first-order valence-corrected chi connectivity index (χ1v) is 6.73. The molecule has 19 heavy (non-hydrogen) atoms. The minimum atomic E-state index is -0.281. The molecule has 0 atom stereocenters. The predicted octanol–water partition coefficient (Wildman–Crippen LogP) is 2.27. The van der Waals surface area contributed by atoms with Crippen molar-refractivity contribution in [1.29, 1.82) is 0 Å². The molecule has 2 aromatic rings. The van der Waals surface area contributed by atoms with Crippen molar-refractivity contribution in [2.45, 2.75) is 13.2 Å². The van der Waals surface area contributed by atoms with Crippen LogP contribution in [-0.2, 0) is 17.9 Å². The summed E-state index contributed by atoms with van der Waals surface area (Å²) >= 11 is 6.69. The van der Waals surface area contributed by atoms with E-state index >= 15 is 0 Å². The number of carbonyl (C=O) groups is 1. The highest BCUT2D eigenvalue weighted by Crippen LogP contribution is 2.15. The number of carbonyl (C=O) groups excluding carboxylic acids is 1. The summed E-state index contributed by atoms with van der Waals surface area (Å²) in [6.07, 6.45) is 0. The van der Waals surface area contributed by atoms with Crippen LogP contribution in [0.2, 0.25) is 4.47 Å². The highest BCUT2D eigenvalue weighted by molar-refractivity contribution is 7.17. The summed E-state index contributed by atoms with van der Waals surface area (Å²) in [5, 5.41) is 10.3. The SMILES string of the molecule is COCc1ccccc1CNC(=O)c1nnc(Cl)s1. The highest BCUT2D eigenvalue weighted by atomic mass is 35.5. The Labute approximate surface area is 119 Å². The zero-order chi connectivity index (χ0) is 13.7. The Morgan fingerprint density at radius 1 is 1.37 bits per heavy atom. The lowest BCUT2D eigenvalue weighted by Crippen LogP contribution is -2.23. The van der Waals surface area contributed by atoms with Crippen LogP contribution >= 0.6 is 22.9 Å². The number of rotatable bonds is 5. The van der Waals surface area contributed by atoms with Gasteiger partial charge in [0.2, 0.25) is 9.47 Å². The van der Waals surface area contributed by atoms with Gasteiger partial charge < -0.3 is 10.1 Å². The molecule has 0 unspecified atom stereocenters. The Morgan fingerprint density at radius 2 is 2.11 bits per heavy atom. The van der Waals surface area contributed by atoms with Crippen LogP contribution in [0.25, 0.3) is 0 Å². The summed E-state index contributed by atoms with van der Waals surface area (Å²) in [5.41, 5.74) is 2.05. The molecular weight excluding hydrogens is 286 g/mol. The average molecular weight is 298 g/mol. The number of nitrogens with zero attached hydrogens (tertiary/aromatic N) is 2. The second-order valence-electron chi connectivity index (χ2n) is 3.74. The quantitative estimate of drug-likeness (QED) is 0.919. The van der Waals surface area contributed by atoms with E-state index in [0.717, 1.165) is 22.5 Å². The zero-order valence-electron chi connectivity index (χ0n) is 10.2. The van der Waals surface area contributed by atoms with E-state index in [1.807, 2.05) is 24.3 Å². The number of halogens is 1. The predicted molar refractivity (Wildman–Crippen MR) is 73.2 cm³/mol. The van der Waals surface area contributed by atoms with E-state index in [2.05, 4.69) is 15.5 Å². The van der Waals surface area contributed by atoms with Gasteiger partial charge in [-0.25, -0.2) is 0 Å². The first kappa shape index (κ1) is 13.9. The van der Waals surface area contributed by atoms with Crippen LogP contribution in [0.5, 0.6) is 0 Å². The molecule has 0 radical (unpaired) electrons. The normalized spacial score (nSPS) is 10.4. The van der Waals surface area contributed by atoms with Crippen LogP contribution in [0, 0.1) is 0 Å². The number of amides is 1. The molecular formula is C12H12ClN3O2S. The molecule has 7 heteroatoms. The third-order valence-electron chi connectivity index (χ3n) is 2.45. The first-order chi connectivity index (χ1) is 9.20. The number of aromatic nitrogens is 2. The Balaban J connectivity index is 2.00. The van der Waals surface area contributed by atoms with Crippen LogP contribution < -0.4 is 5.32 Å². The minimum Gasteiger partial charge on any atom is -0.380 e. The van der Waals surface area contributed by atoms with Gasteiger partial charge in [-0.15, -0.1) is 10.2 Å². The molecule has 1 amide bonds. The van der Waals surface area contributed by atoms with Crippen LogP contribution in [0.3, 0.4) is 0 Å². The summed E-state index contributed by atoms with van der Waals surface area (Å²) in [4.78, 5) is 11.8. The van der Waals surface area contributed by atoms with Crippen molar-refractivity contribution in [1.82, 2.24) is 15.5 Å². The Hall–Kier alpha value is -1.50. The number of ether oxygens (including phenoxy) is 1. The third kappa shape index (κ3) is 3.73. The van der Waals surface area contributed by atoms with Crippen LogP contribution in [0.1, 0.15) is 20.9 Å². The molecule has 1 N–H and O–H groups in total. The summed E-state index contributed by atoms with van der Waals surface area (Å²) < 4.78 is 5.37. The van der Waals surface area contributed by atoms with Crippen LogP contribution in [0.15, 0.2) is 24.3 Å². The molecule has 0 aliphatic heterocycles. The molecule has 1 aromatic carbocycles. The second kappa shape index (κ2) is 6.60.